The highest BCUT2D eigenvalue weighted by molar-refractivity contribution is 14.1. The fourth-order valence-corrected chi connectivity index (χ4v) is 3.43. The fourth-order valence-electron chi connectivity index (χ4n) is 3.00. The van der Waals surface area contributed by atoms with Crippen LogP contribution in [0.5, 0.6) is 11.5 Å². The predicted octanol–water partition coefficient (Wildman–Crippen LogP) is 5.49. The Morgan fingerprint density at radius 2 is 1.83 bits per heavy atom. The van der Waals surface area contributed by atoms with E-state index in [0.717, 1.165) is 39.0 Å². The van der Waals surface area contributed by atoms with E-state index in [-0.39, 0.29) is 0 Å². The summed E-state index contributed by atoms with van der Waals surface area (Å²) in [5, 5.41) is 2.28. The zero-order valence-corrected chi connectivity index (χ0v) is 14.4. The number of hydrogen-bond acceptors (Lipinski definition) is 2. The van der Waals surface area contributed by atoms with Crippen molar-refractivity contribution in [2.45, 2.75) is 5.50 Å². The molecule has 0 aliphatic carbocycles. The van der Waals surface area contributed by atoms with Gasteiger partial charge >= 0.3 is 0 Å². The van der Waals surface area contributed by atoms with Crippen molar-refractivity contribution in [3.05, 3.63) is 72.8 Å². The molecule has 1 aliphatic heterocycles. The highest BCUT2D eigenvalue weighted by atomic mass is 127. The van der Waals surface area contributed by atoms with Gasteiger partial charge in [-0.3, -0.25) is 0 Å². The summed E-state index contributed by atoms with van der Waals surface area (Å²) in [5.41, 5.74) is 1.96. The molecular formula is C19H12BIO2. The molecule has 0 amide bonds. The summed E-state index contributed by atoms with van der Waals surface area (Å²) in [4.78, 5) is 0. The summed E-state index contributed by atoms with van der Waals surface area (Å²) in [6.45, 7) is 3.78. The third-order valence-electron chi connectivity index (χ3n) is 4.24. The maximum Gasteiger partial charge on any atom is 0.135 e. The van der Waals surface area contributed by atoms with Crippen LogP contribution >= 0.6 is 23.0 Å². The second-order valence-corrected chi connectivity index (χ2v) is 5.99. The van der Waals surface area contributed by atoms with Crippen LogP contribution in [0.1, 0.15) is 5.56 Å². The van der Waals surface area contributed by atoms with Gasteiger partial charge in [0.25, 0.3) is 0 Å². The smallest absolute Gasteiger partial charge is 0.135 e. The minimum absolute atomic E-state index is 0.819. The van der Waals surface area contributed by atoms with E-state index in [1.165, 1.54) is 0 Å². The van der Waals surface area contributed by atoms with E-state index in [9.17, 15) is 0 Å². The Labute approximate surface area is 150 Å². The van der Waals surface area contributed by atoms with Gasteiger partial charge in [-0.2, -0.15) is 0 Å². The van der Waals surface area contributed by atoms with Crippen LogP contribution < -0.4 is 4.74 Å². The Kier molecular flexibility index (Phi) is 3.46. The van der Waals surface area contributed by atoms with Gasteiger partial charge in [-0.25, -0.2) is 0 Å². The maximum absolute atomic E-state index is 6.25. The van der Waals surface area contributed by atoms with Gasteiger partial charge in [0.15, 0.2) is 0 Å². The van der Waals surface area contributed by atoms with Crippen LogP contribution in [0.2, 0.25) is 0 Å². The van der Waals surface area contributed by atoms with Crippen LogP contribution in [0.4, 0.5) is 0 Å². The highest BCUT2D eigenvalue weighted by Gasteiger charge is 2.26. The monoisotopic (exact) mass is 410 g/mol. The lowest BCUT2D eigenvalue weighted by molar-refractivity contribution is 0.299. The number of hydrogen-bond donors (Lipinski definition) is 0. The minimum atomic E-state index is -1.03. The van der Waals surface area contributed by atoms with Gasteiger partial charge < -0.3 is 7.80 Å². The molecule has 0 saturated heterocycles. The number of rotatable bonds is 3. The molecule has 0 spiro atoms. The molecular weight excluding hydrogens is 398 g/mol. The Morgan fingerprint density at radius 3 is 2.57 bits per heavy atom. The van der Waals surface area contributed by atoms with Gasteiger partial charge in [0, 0.05) is 10.9 Å². The van der Waals surface area contributed by atoms with E-state index >= 15 is 0 Å². The molecule has 110 valence electrons. The quantitative estimate of drug-likeness (QED) is 0.253. The molecule has 0 bridgehead atoms. The summed E-state index contributed by atoms with van der Waals surface area (Å²) in [7, 11) is 6.25. The average Bonchev–Trinajstić information content (AvgIpc) is 2.61. The van der Waals surface area contributed by atoms with Gasteiger partial charge in [-0.1, -0.05) is 42.5 Å². The van der Waals surface area contributed by atoms with Crippen molar-refractivity contribution in [3.63, 3.8) is 0 Å². The summed E-state index contributed by atoms with van der Waals surface area (Å²) in [6.07, 6.45) is 1.60. The van der Waals surface area contributed by atoms with Crippen LogP contribution in [0.25, 0.3) is 21.9 Å². The van der Waals surface area contributed by atoms with Crippen LogP contribution in [0.3, 0.4) is 0 Å². The van der Waals surface area contributed by atoms with Crippen LogP contribution in [0, 0.1) is 0 Å². The molecule has 0 aromatic heterocycles. The molecule has 0 N–H and O–H groups in total. The first-order valence-corrected chi connectivity index (χ1v) is 8.11. The van der Waals surface area contributed by atoms with Crippen molar-refractivity contribution in [3.8, 4) is 22.6 Å². The van der Waals surface area contributed by atoms with E-state index in [1.807, 2.05) is 30.3 Å². The van der Waals surface area contributed by atoms with Gasteiger partial charge in [0.1, 0.15) is 42.4 Å². The Morgan fingerprint density at radius 1 is 1.04 bits per heavy atom. The number of ether oxygens (including phenoxy) is 1. The van der Waals surface area contributed by atoms with E-state index in [0.29, 0.717) is 0 Å². The zero-order chi connectivity index (χ0) is 16.0. The summed E-state index contributed by atoms with van der Waals surface area (Å²) >= 11 is 1.80. The van der Waals surface area contributed by atoms with E-state index < -0.39 is 5.50 Å². The number of halogens is 1. The molecule has 1 atom stereocenters. The molecule has 4 heteroatoms. The van der Waals surface area contributed by atoms with E-state index in [2.05, 4.69) is 30.8 Å². The molecule has 3 aromatic rings. The zero-order valence-electron chi connectivity index (χ0n) is 12.3. The third kappa shape index (κ3) is 2.20. The van der Waals surface area contributed by atoms with Crippen molar-refractivity contribution in [1.82, 2.24) is 0 Å². The molecule has 3 aromatic carbocycles. The maximum atomic E-state index is 6.25. The van der Waals surface area contributed by atoms with Crippen molar-refractivity contribution >= 4 is 41.6 Å². The second kappa shape index (κ2) is 5.39. The molecule has 4 rings (SSSR count). The Balaban J connectivity index is 2.00. The lowest BCUT2D eigenvalue weighted by Crippen LogP contribution is -2.23. The molecule has 0 fully saturated rings. The normalized spacial score (nSPS) is 14.7. The topological polar surface area (TPSA) is 18.5 Å². The number of fused-ring (bicyclic) bond motifs is 2. The largest absolute Gasteiger partial charge is 0.456 e. The molecule has 1 heterocycles. The molecule has 0 saturated carbocycles. The SMILES string of the molecule is [B]C(C=C)(OI)c1ccc2c(c1)-c1cccc3cccc(c13)O2. The van der Waals surface area contributed by atoms with Crippen LogP contribution in [0.15, 0.2) is 67.3 Å². The summed E-state index contributed by atoms with van der Waals surface area (Å²) in [6, 6.07) is 18.2. The number of benzene rings is 3. The van der Waals surface area contributed by atoms with Gasteiger partial charge in [-0.05, 0) is 34.7 Å². The summed E-state index contributed by atoms with van der Waals surface area (Å²) in [5.74, 6) is 1.70. The lowest BCUT2D eigenvalue weighted by Gasteiger charge is -2.27. The fraction of sp³-hybridized carbons (Fsp3) is 0.0526. The molecule has 2 radical (unpaired) electrons. The molecule has 1 aliphatic rings. The van der Waals surface area contributed by atoms with Crippen molar-refractivity contribution in [2.75, 3.05) is 0 Å². The molecule has 1 unspecified atom stereocenters. The van der Waals surface area contributed by atoms with Crippen molar-refractivity contribution in [1.29, 1.82) is 0 Å². The standard InChI is InChI=1S/C19H12BIO2/c1-2-19(20,23-21)13-9-10-16-15(11-13)14-7-3-5-12-6-4-8-17(22-16)18(12)14/h2-11H,1H2. The van der Waals surface area contributed by atoms with Gasteiger partial charge in [0.2, 0.25) is 0 Å². The average molecular weight is 410 g/mol. The Hall–Kier alpha value is -1.79. The second-order valence-electron chi connectivity index (χ2n) is 5.55. The Bertz CT molecular complexity index is 933. The minimum Gasteiger partial charge on any atom is -0.456 e. The lowest BCUT2D eigenvalue weighted by atomic mass is 9.75. The van der Waals surface area contributed by atoms with Crippen LogP contribution in [-0.2, 0) is 8.57 Å². The van der Waals surface area contributed by atoms with Crippen molar-refractivity contribution in [2.24, 2.45) is 0 Å². The van der Waals surface area contributed by atoms with E-state index in [1.54, 1.807) is 29.1 Å². The first kappa shape index (κ1) is 14.8. The first-order chi connectivity index (χ1) is 11.2. The van der Waals surface area contributed by atoms with Gasteiger partial charge in [-0.15, -0.1) is 6.58 Å². The van der Waals surface area contributed by atoms with Crippen LogP contribution in [-0.4, -0.2) is 7.85 Å². The van der Waals surface area contributed by atoms with Crippen molar-refractivity contribution < 1.29 is 7.80 Å². The first-order valence-electron chi connectivity index (χ1n) is 7.23. The summed E-state index contributed by atoms with van der Waals surface area (Å²) < 4.78 is 11.5. The van der Waals surface area contributed by atoms with Gasteiger partial charge in [0.05, 0.1) is 5.50 Å². The molecule has 2 nitrogen and oxygen atoms in total. The molecule has 23 heavy (non-hydrogen) atoms. The highest BCUT2D eigenvalue weighted by Crippen LogP contribution is 2.47. The predicted molar refractivity (Wildman–Crippen MR) is 102 cm³/mol. The van der Waals surface area contributed by atoms with E-state index in [4.69, 9.17) is 15.6 Å². The third-order valence-corrected chi connectivity index (χ3v) is 4.97.